The normalized spacial score (nSPS) is 11.1. The Balaban J connectivity index is 1.60. The molecule has 5 aromatic rings. The number of hydrogen-bond donors (Lipinski definition) is 0. The van der Waals surface area contributed by atoms with Crippen LogP contribution in [-0.4, -0.2) is 28.7 Å². The van der Waals surface area contributed by atoms with Gasteiger partial charge in [-0.25, -0.2) is 4.98 Å². The maximum Gasteiger partial charge on any atom is 0.161 e. The molecule has 0 aliphatic heterocycles. The van der Waals surface area contributed by atoms with Crippen molar-refractivity contribution in [2.75, 3.05) is 14.2 Å². The van der Waals surface area contributed by atoms with Gasteiger partial charge in [0, 0.05) is 37.3 Å². The third-order valence-electron chi connectivity index (χ3n) is 7.36. The van der Waals surface area contributed by atoms with E-state index in [4.69, 9.17) is 14.5 Å². The molecule has 0 radical (unpaired) electrons. The van der Waals surface area contributed by atoms with E-state index in [1.165, 1.54) is 16.8 Å². The summed E-state index contributed by atoms with van der Waals surface area (Å²) >= 11 is 0. The van der Waals surface area contributed by atoms with E-state index in [1.54, 1.807) is 14.2 Å². The zero-order chi connectivity index (χ0) is 28.4. The highest BCUT2D eigenvalue weighted by atomic mass is 16.5. The minimum Gasteiger partial charge on any atom is -0.493 e. The topological polar surface area (TPSA) is 39.5 Å². The molecule has 0 saturated carbocycles. The first kappa shape index (κ1) is 28.2. The van der Waals surface area contributed by atoms with Crippen LogP contribution in [0.2, 0.25) is 0 Å². The lowest BCUT2D eigenvalue weighted by Gasteiger charge is -2.25. The number of nitrogens with zero attached hydrogens (tertiary/aromatic N) is 3. The second-order valence-electron chi connectivity index (χ2n) is 10.3. The number of hydrogen-bond acceptors (Lipinski definition) is 4. The van der Waals surface area contributed by atoms with Crippen molar-refractivity contribution in [3.63, 3.8) is 0 Å². The Labute approximate surface area is 244 Å². The summed E-state index contributed by atoms with van der Waals surface area (Å²) in [7, 11) is 3.36. The molecule has 0 unspecified atom stereocenters. The summed E-state index contributed by atoms with van der Waals surface area (Å²) in [5, 5.41) is 0. The Morgan fingerprint density at radius 2 is 1.27 bits per heavy atom. The van der Waals surface area contributed by atoms with Gasteiger partial charge in [0.15, 0.2) is 11.5 Å². The van der Waals surface area contributed by atoms with Crippen molar-refractivity contribution in [3.05, 3.63) is 126 Å². The van der Waals surface area contributed by atoms with Gasteiger partial charge in [-0.15, -0.1) is 0 Å². The molecule has 0 aliphatic carbocycles. The van der Waals surface area contributed by atoms with Crippen LogP contribution in [0.3, 0.4) is 0 Å². The molecular weight excluding hydrogens is 506 g/mol. The Morgan fingerprint density at radius 1 is 0.659 bits per heavy atom. The monoisotopic (exact) mass is 545 g/mol. The SMILES string of the molecule is CCCCn1c(-c2ccccc2)nc(-c2ccccc2)c1CN(Cc1ccccc1)Cc1ccc(OC)c(OC)c1. The van der Waals surface area contributed by atoms with E-state index in [1.807, 2.05) is 6.07 Å². The molecule has 0 aliphatic rings. The molecule has 1 heterocycles. The number of imidazole rings is 1. The minimum absolute atomic E-state index is 0.738. The van der Waals surface area contributed by atoms with Gasteiger partial charge in [-0.1, -0.05) is 110 Å². The van der Waals surface area contributed by atoms with E-state index in [9.17, 15) is 0 Å². The van der Waals surface area contributed by atoms with Crippen LogP contribution in [0, 0.1) is 0 Å². The fourth-order valence-corrected chi connectivity index (χ4v) is 5.30. The first-order chi connectivity index (χ1) is 20.2. The van der Waals surface area contributed by atoms with Crippen LogP contribution in [-0.2, 0) is 26.2 Å². The van der Waals surface area contributed by atoms with Gasteiger partial charge in [0.25, 0.3) is 0 Å². The molecule has 5 rings (SSSR count). The van der Waals surface area contributed by atoms with Crippen LogP contribution < -0.4 is 9.47 Å². The molecule has 0 fully saturated rings. The molecule has 210 valence electrons. The second kappa shape index (κ2) is 13.8. The summed E-state index contributed by atoms with van der Waals surface area (Å²) in [5.41, 5.74) is 7.01. The molecule has 0 saturated heterocycles. The van der Waals surface area contributed by atoms with E-state index in [0.29, 0.717) is 0 Å². The highest BCUT2D eigenvalue weighted by Gasteiger charge is 2.22. The standard InChI is InChI=1S/C36H39N3O2/c1-4-5-23-39-32(35(30-17-11-7-12-18-30)37-36(39)31-19-13-8-14-20-31)27-38(25-28-15-9-6-10-16-28)26-29-21-22-33(40-2)34(24-29)41-3/h6-22,24H,4-5,23,25-27H2,1-3H3. The van der Waals surface area contributed by atoms with Crippen LogP contribution in [0.25, 0.3) is 22.6 Å². The van der Waals surface area contributed by atoms with Gasteiger partial charge in [0.2, 0.25) is 0 Å². The number of methoxy groups -OCH3 is 2. The number of benzene rings is 4. The van der Waals surface area contributed by atoms with E-state index in [-0.39, 0.29) is 0 Å². The van der Waals surface area contributed by atoms with Crippen LogP contribution in [0.4, 0.5) is 0 Å². The maximum absolute atomic E-state index is 5.63. The largest absolute Gasteiger partial charge is 0.493 e. The first-order valence-electron chi connectivity index (χ1n) is 14.4. The number of rotatable bonds is 13. The fraction of sp³-hybridized carbons (Fsp3) is 0.250. The van der Waals surface area contributed by atoms with Crippen LogP contribution in [0.1, 0.15) is 36.6 Å². The van der Waals surface area contributed by atoms with Gasteiger partial charge in [-0.3, -0.25) is 4.90 Å². The van der Waals surface area contributed by atoms with Crippen molar-refractivity contribution in [1.82, 2.24) is 14.5 Å². The van der Waals surface area contributed by atoms with Crippen molar-refractivity contribution in [2.45, 2.75) is 45.9 Å². The Hall–Kier alpha value is -4.35. The molecule has 0 N–H and O–H groups in total. The predicted molar refractivity (Wildman–Crippen MR) is 167 cm³/mol. The van der Waals surface area contributed by atoms with Gasteiger partial charge in [-0.05, 0) is 29.7 Å². The average Bonchev–Trinajstić information content (AvgIpc) is 3.38. The van der Waals surface area contributed by atoms with Crippen molar-refractivity contribution in [2.24, 2.45) is 0 Å². The molecule has 0 bridgehead atoms. The zero-order valence-electron chi connectivity index (χ0n) is 24.3. The summed E-state index contributed by atoms with van der Waals surface area (Å²) in [6.45, 7) is 5.48. The Kier molecular flexibility index (Phi) is 9.50. The third kappa shape index (κ3) is 6.87. The van der Waals surface area contributed by atoms with E-state index < -0.39 is 0 Å². The quantitative estimate of drug-likeness (QED) is 0.149. The van der Waals surface area contributed by atoms with E-state index >= 15 is 0 Å². The van der Waals surface area contributed by atoms with Crippen molar-refractivity contribution in [3.8, 4) is 34.1 Å². The number of aromatic nitrogens is 2. The van der Waals surface area contributed by atoms with Gasteiger partial charge in [-0.2, -0.15) is 0 Å². The van der Waals surface area contributed by atoms with E-state index in [0.717, 1.165) is 73.2 Å². The fourth-order valence-electron chi connectivity index (χ4n) is 5.30. The molecule has 5 heteroatoms. The van der Waals surface area contributed by atoms with Gasteiger partial charge >= 0.3 is 0 Å². The van der Waals surface area contributed by atoms with Crippen molar-refractivity contribution < 1.29 is 9.47 Å². The first-order valence-corrected chi connectivity index (χ1v) is 14.4. The highest BCUT2D eigenvalue weighted by Crippen LogP contribution is 2.33. The lowest BCUT2D eigenvalue weighted by molar-refractivity contribution is 0.240. The predicted octanol–water partition coefficient (Wildman–Crippen LogP) is 8.24. The summed E-state index contributed by atoms with van der Waals surface area (Å²) < 4.78 is 13.6. The molecular formula is C36H39N3O2. The Bertz CT molecular complexity index is 1520. The van der Waals surface area contributed by atoms with Gasteiger partial charge < -0.3 is 14.0 Å². The molecule has 0 amide bonds. The van der Waals surface area contributed by atoms with Crippen LogP contribution >= 0.6 is 0 Å². The highest BCUT2D eigenvalue weighted by molar-refractivity contribution is 5.68. The van der Waals surface area contributed by atoms with Gasteiger partial charge in [0.1, 0.15) is 5.82 Å². The lowest BCUT2D eigenvalue weighted by atomic mass is 10.1. The Morgan fingerprint density at radius 3 is 1.90 bits per heavy atom. The van der Waals surface area contributed by atoms with Crippen molar-refractivity contribution in [1.29, 1.82) is 0 Å². The summed E-state index contributed by atoms with van der Waals surface area (Å²) in [5.74, 6) is 2.51. The molecule has 4 aromatic carbocycles. The smallest absolute Gasteiger partial charge is 0.161 e. The van der Waals surface area contributed by atoms with Gasteiger partial charge in [0.05, 0.1) is 25.6 Å². The van der Waals surface area contributed by atoms with E-state index in [2.05, 4.69) is 120 Å². The van der Waals surface area contributed by atoms with Crippen molar-refractivity contribution >= 4 is 0 Å². The maximum atomic E-state index is 5.63. The third-order valence-corrected chi connectivity index (χ3v) is 7.36. The lowest BCUT2D eigenvalue weighted by Crippen LogP contribution is -2.24. The summed E-state index contributed by atoms with van der Waals surface area (Å²) in [4.78, 5) is 7.82. The average molecular weight is 546 g/mol. The molecule has 0 spiro atoms. The summed E-state index contributed by atoms with van der Waals surface area (Å²) in [6.07, 6.45) is 2.21. The number of unbranched alkanes of at least 4 members (excludes halogenated alkanes) is 1. The second-order valence-corrected chi connectivity index (χ2v) is 10.3. The molecule has 0 atom stereocenters. The molecule has 41 heavy (non-hydrogen) atoms. The minimum atomic E-state index is 0.738. The summed E-state index contributed by atoms with van der Waals surface area (Å²) in [6, 6.07) is 38.0. The van der Waals surface area contributed by atoms with Crippen LogP contribution in [0.5, 0.6) is 11.5 Å². The van der Waals surface area contributed by atoms with Crippen LogP contribution in [0.15, 0.2) is 109 Å². The zero-order valence-corrected chi connectivity index (χ0v) is 24.3. The molecule has 5 nitrogen and oxygen atoms in total. The molecule has 1 aromatic heterocycles. The number of ether oxygens (including phenoxy) is 2.